The van der Waals surface area contributed by atoms with E-state index in [0.717, 1.165) is 66.9 Å². The molecule has 12 aromatic rings. The van der Waals surface area contributed by atoms with Crippen molar-refractivity contribution in [1.29, 1.82) is 0 Å². The van der Waals surface area contributed by atoms with Gasteiger partial charge in [0.15, 0.2) is 5.58 Å². The van der Waals surface area contributed by atoms with Crippen molar-refractivity contribution < 1.29 is 8.83 Å². The molecule has 0 aliphatic heterocycles. The van der Waals surface area contributed by atoms with Crippen molar-refractivity contribution in [3.63, 3.8) is 0 Å². The molecule has 0 aliphatic rings. The maximum absolute atomic E-state index is 6.39. The number of aromatic nitrogens is 2. The molecule has 55 heavy (non-hydrogen) atoms. The highest BCUT2D eigenvalue weighted by atomic mass is 32.1. The van der Waals surface area contributed by atoms with Crippen molar-refractivity contribution >= 4 is 103 Å². The Bertz CT molecular complexity index is 3440. The smallest absolute Gasteiger partial charge is 0.227 e. The van der Waals surface area contributed by atoms with Crippen molar-refractivity contribution in [1.82, 2.24) is 9.55 Å². The summed E-state index contributed by atoms with van der Waals surface area (Å²) in [6.07, 6.45) is 0. The standard InChI is InChI=1S/C49H29N3O2S/c1-2-10-31(11-3-1)52-40-15-7-4-12-35(40)36-24-22-34(29-41(36)52)51(33-23-27-46-39(28-33)37-13-6-9-17-45(37)55-46)32-20-18-30(19-21-32)49-50-48-44(54-49)26-25-43-47(48)38-14-5-8-16-42(38)53-43/h1-29H. The van der Waals surface area contributed by atoms with Crippen LogP contribution in [0.25, 0.3) is 92.2 Å². The topological polar surface area (TPSA) is 47.3 Å². The van der Waals surface area contributed by atoms with Crippen LogP contribution in [-0.4, -0.2) is 9.55 Å². The van der Waals surface area contributed by atoms with Crippen molar-refractivity contribution in [2.75, 3.05) is 4.90 Å². The van der Waals surface area contributed by atoms with Gasteiger partial charge in [-0.2, -0.15) is 0 Å². The first-order valence-corrected chi connectivity index (χ1v) is 19.2. The second-order valence-electron chi connectivity index (χ2n) is 14.0. The second kappa shape index (κ2) is 11.7. The molecule has 0 amide bonds. The number of benzene rings is 8. The number of anilines is 3. The Morgan fingerprint density at radius 3 is 2.02 bits per heavy atom. The van der Waals surface area contributed by atoms with Crippen LogP contribution in [0.3, 0.4) is 0 Å². The van der Waals surface area contributed by atoms with Crippen molar-refractivity contribution in [3.05, 3.63) is 176 Å². The normalized spacial score (nSPS) is 12.0. The molecule has 0 fully saturated rings. The van der Waals surface area contributed by atoms with Crippen LogP contribution in [0, 0.1) is 0 Å². The molecule has 0 bridgehead atoms. The van der Waals surface area contributed by atoms with Gasteiger partial charge in [0, 0.05) is 64.6 Å². The van der Waals surface area contributed by atoms with E-state index in [-0.39, 0.29) is 0 Å². The number of nitrogens with zero attached hydrogens (tertiary/aromatic N) is 3. The molecule has 12 rings (SSSR count). The molecular weight excluding hydrogens is 695 g/mol. The van der Waals surface area contributed by atoms with Gasteiger partial charge in [0.2, 0.25) is 5.89 Å². The van der Waals surface area contributed by atoms with Crippen LogP contribution in [-0.2, 0) is 0 Å². The molecule has 0 unspecified atom stereocenters. The van der Waals surface area contributed by atoms with Crippen LogP contribution in [0.2, 0.25) is 0 Å². The molecule has 8 aromatic carbocycles. The number of hydrogen-bond acceptors (Lipinski definition) is 5. The zero-order valence-corrected chi connectivity index (χ0v) is 30.1. The van der Waals surface area contributed by atoms with Gasteiger partial charge in [-0.1, -0.05) is 78.9 Å². The lowest BCUT2D eigenvalue weighted by Crippen LogP contribution is -2.10. The molecule has 0 atom stereocenters. The van der Waals surface area contributed by atoms with Crippen LogP contribution in [0.4, 0.5) is 17.1 Å². The summed E-state index contributed by atoms with van der Waals surface area (Å²) >= 11 is 1.84. The van der Waals surface area contributed by atoms with Crippen LogP contribution in [0.1, 0.15) is 0 Å². The molecule has 4 aromatic heterocycles. The zero-order chi connectivity index (χ0) is 36.0. The fourth-order valence-corrected chi connectivity index (χ4v) is 9.42. The molecule has 0 saturated carbocycles. The predicted molar refractivity (Wildman–Crippen MR) is 229 cm³/mol. The average Bonchev–Trinajstić information content (AvgIpc) is 4.01. The number of hydrogen-bond donors (Lipinski definition) is 0. The van der Waals surface area contributed by atoms with Gasteiger partial charge in [-0.05, 0) is 97.1 Å². The SMILES string of the molecule is c1ccc(-n2c3ccccc3c3ccc(N(c4ccc(-c5nc6c(ccc7oc8ccccc8c76)o5)cc4)c4ccc5sc6ccccc6c5c4)cc32)cc1. The predicted octanol–water partition coefficient (Wildman–Crippen LogP) is 14.3. The first-order valence-electron chi connectivity index (χ1n) is 18.4. The van der Waals surface area contributed by atoms with Crippen molar-refractivity contribution in [2.45, 2.75) is 0 Å². The van der Waals surface area contributed by atoms with E-state index in [2.05, 4.69) is 155 Å². The largest absolute Gasteiger partial charge is 0.456 e. The Morgan fingerprint density at radius 2 is 1.13 bits per heavy atom. The number of thiophene rings is 1. The van der Waals surface area contributed by atoms with Gasteiger partial charge in [0.05, 0.1) is 16.4 Å². The summed E-state index contributed by atoms with van der Waals surface area (Å²) in [6.45, 7) is 0. The maximum atomic E-state index is 6.39. The Morgan fingerprint density at radius 1 is 0.455 bits per heavy atom. The Kier molecular flexibility index (Phi) is 6.44. The maximum Gasteiger partial charge on any atom is 0.227 e. The highest BCUT2D eigenvalue weighted by molar-refractivity contribution is 7.25. The van der Waals surface area contributed by atoms with Gasteiger partial charge >= 0.3 is 0 Å². The van der Waals surface area contributed by atoms with Gasteiger partial charge in [-0.3, -0.25) is 0 Å². The van der Waals surface area contributed by atoms with Crippen LogP contribution < -0.4 is 4.90 Å². The van der Waals surface area contributed by atoms with Crippen LogP contribution in [0.15, 0.2) is 185 Å². The van der Waals surface area contributed by atoms with E-state index in [1.54, 1.807) is 0 Å². The minimum absolute atomic E-state index is 0.575. The third kappa shape index (κ3) is 4.62. The van der Waals surface area contributed by atoms with E-state index in [1.807, 2.05) is 41.7 Å². The molecule has 0 saturated heterocycles. The number of fused-ring (bicyclic) bond motifs is 11. The summed E-state index contributed by atoms with van der Waals surface area (Å²) < 4.78 is 17.5. The molecule has 5 nitrogen and oxygen atoms in total. The number of rotatable bonds is 5. The summed E-state index contributed by atoms with van der Waals surface area (Å²) in [5.41, 5.74) is 10.7. The first-order chi connectivity index (χ1) is 27.2. The minimum atomic E-state index is 0.575. The summed E-state index contributed by atoms with van der Waals surface area (Å²) in [7, 11) is 0. The molecule has 0 aliphatic carbocycles. The number of para-hydroxylation sites is 3. The fourth-order valence-electron chi connectivity index (χ4n) is 8.33. The molecule has 4 heterocycles. The van der Waals surface area contributed by atoms with Gasteiger partial charge in [0.25, 0.3) is 0 Å². The van der Waals surface area contributed by atoms with Crippen molar-refractivity contribution in [2.24, 2.45) is 0 Å². The molecule has 6 heteroatoms. The molecule has 0 spiro atoms. The lowest BCUT2D eigenvalue weighted by atomic mass is 10.1. The van der Waals surface area contributed by atoms with E-state index >= 15 is 0 Å². The Balaban J connectivity index is 1.04. The third-order valence-corrected chi connectivity index (χ3v) is 12.0. The van der Waals surface area contributed by atoms with Gasteiger partial charge in [-0.25, -0.2) is 4.98 Å². The molecule has 0 radical (unpaired) electrons. The lowest BCUT2D eigenvalue weighted by molar-refractivity contribution is 0.619. The van der Waals surface area contributed by atoms with E-state index < -0.39 is 0 Å². The quantitative estimate of drug-likeness (QED) is 0.177. The highest BCUT2D eigenvalue weighted by Gasteiger charge is 2.20. The Hall–Kier alpha value is -7.15. The minimum Gasteiger partial charge on any atom is -0.456 e. The number of oxazole rings is 1. The first kappa shape index (κ1) is 30.3. The van der Waals surface area contributed by atoms with E-state index in [9.17, 15) is 0 Å². The second-order valence-corrected chi connectivity index (χ2v) is 15.0. The fraction of sp³-hybridized carbons (Fsp3) is 0. The van der Waals surface area contributed by atoms with Gasteiger partial charge in [0.1, 0.15) is 16.7 Å². The zero-order valence-electron chi connectivity index (χ0n) is 29.3. The summed E-state index contributed by atoms with van der Waals surface area (Å²) in [4.78, 5) is 7.39. The third-order valence-electron chi connectivity index (χ3n) is 10.8. The molecule has 258 valence electrons. The molecular formula is C49H29N3O2S. The summed E-state index contributed by atoms with van der Waals surface area (Å²) in [6, 6.07) is 62.2. The van der Waals surface area contributed by atoms with Gasteiger partial charge in [-0.15, -0.1) is 11.3 Å². The van der Waals surface area contributed by atoms with Crippen LogP contribution in [0.5, 0.6) is 0 Å². The average molecular weight is 724 g/mol. The number of furan rings is 1. The van der Waals surface area contributed by atoms with E-state index in [4.69, 9.17) is 13.8 Å². The monoisotopic (exact) mass is 723 g/mol. The highest BCUT2D eigenvalue weighted by Crippen LogP contribution is 2.43. The van der Waals surface area contributed by atoms with E-state index in [0.29, 0.717) is 5.89 Å². The van der Waals surface area contributed by atoms with E-state index in [1.165, 1.54) is 36.5 Å². The molecule has 0 N–H and O–H groups in total. The van der Waals surface area contributed by atoms with Crippen molar-refractivity contribution in [3.8, 4) is 17.1 Å². The summed E-state index contributed by atoms with van der Waals surface area (Å²) in [5, 5.41) is 6.99. The summed E-state index contributed by atoms with van der Waals surface area (Å²) in [5.74, 6) is 0.575. The van der Waals surface area contributed by atoms with Gasteiger partial charge < -0.3 is 18.3 Å². The van der Waals surface area contributed by atoms with Crippen LogP contribution >= 0.6 is 11.3 Å². The lowest BCUT2D eigenvalue weighted by Gasteiger charge is -2.26. The Labute approximate surface area is 318 Å².